The number of aryl methyl sites for hydroxylation is 1. The number of benzene rings is 3. The fraction of sp³-hybridized carbons (Fsp3) is 0.214. The molecule has 7 heteroatoms. The highest BCUT2D eigenvalue weighted by Crippen LogP contribution is 2.31. The maximum absolute atomic E-state index is 12.4. The van der Waals surface area contributed by atoms with E-state index in [2.05, 4.69) is 12.1 Å². The number of hydrogen-bond acceptors (Lipinski definition) is 6. The van der Waals surface area contributed by atoms with Gasteiger partial charge in [0.05, 0.1) is 17.7 Å². The van der Waals surface area contributed by atoms with Gasteiger partial charge in [-0.15, -0.1) is 0 Å². The molecule has 0 N–H and O–H groups in total. The predicted molar refractivity (Wildman–Crippen MR) is 132 cm³/mol. The molecule has 0 atom stereocenters. The average Bonchev–Trinajstić information content (AvgIpc) is 3.24. The van der Waals surface area contributed by atoms with Crippen LogP contribution in [-0.4, -0.2) is 31.0 Å². The highest BCUT2D eigenvalue weighted by Gasteiger charge is 2.17. The van der Waals surface area contributed by atoms with Gasteiger partial charge in [0.25, 0.3) is 0 Å². The maximum atomic E-state index is 12.4. The van der Waals surface area contributed by atoms with Crippen molar-refractivity contribution in [1.82, 2.24) is 4.57 Å². The number of nitriles is 1. The maximum Gasteiger partial charge on any atom is 0.341 e. The lowest BCUT2D eigenvalue weighted by atomic mass is 10.1. The number of rotatable bonds is 9. The van der Waals surface area contributed by atoms with Crippen molar-refractivity contribution in [3.05, 3.63) is 89.1 Å². The summed E-state index contributed by atoms with van der Waals surface area (Å²) in [4.78, 5) is 12.4. The van der Waals surface area contributed by atoms with Crippen LogP contribution in [-0.2, 0) is 16.1 Å². The van der Waals surface area contributed by atoms with Gasteiger partial charge in [-0.1, -0.05) is 29.8 Å². The van der Waals surface area contributed by atoms with Gasteiger partial charge >= 0.3 is 5.97 Å². The molecule has 7 nitrogen and oxygen atoms in total. The molecule has 4 rings (SSSR count). The first-order valence-corrected chi connectivity index (χ1v) is 11.2. The van der Waals surface area contributed by atoms with E-state index in [4.69, 9.17) is 18.9 Å². The van der Waals surface area contributed by atoms with Gasteiger partial charge in [-0.3, -0.25) is 0 Å². The second-order valence-electron chi connectivity index (χ2n) is 7.93. The molecule has 0 unspecified atom stereocenters. The van der Waals surface area contributed by atoms with Crippen molar-refractivity contribution in [3.63, 3.8) is 0 Å². The molecule has 0 aliphatic rings. The number of hydrogen-bond donors (Lipinski definition) is 0. The van der Waals surface area contributed by atoms with E-state index in [1.54, 1.807) is 31.3 Å². The van der Waals surface area contributed by atoms with Crippen LogP contribution in [0.3, 0.4) is 0 Å². The molecule has 178 valence electrons. The van der Waals surface area contributed by atoms with Gasteiger partial charge in [-0.05, 0) is 43.7 Å². The summed E-state index contributed by atoms with van der Waals surface area (Å²) in [7, 11) is 1.50. The first-order valence-electron chi connectivity index (χ1n) is 11.2. The van der Waals surface area contributed by atoms with Gasteiger partial charge in [0.15, 0.2) is 6.79 Å². The van der Waals surface area contributed by atoms with Crippen LogP contribution < -0.4 is 9.47 Å². The van der Waals surface area contributed by atoms with Crippen LogP contribution in [0.2, 0.25) is 0 Å². The van der Waals surface area contributed by atoms with E-state index in [1.807, 2.05) is 47.9 Å². The Morgan fingerprint density at radius 1 is 1.06 bits per heavy atom. The second kappa shape index (κ2) is 10.8. The third-order valence-electron chi connectivity index (χ3n) is 5.46. The first kappa shape index (κ1) is 23.9. The highest BCUT2D eigenvalue weighted by atomic mass is 16.7. The Kier molecular flexibility index (Phi) is 7.34. The Morgan fingerprint density at radius 3 is 2.66 bits per heavy atom. The lowest BCUT2D eigenvalue weighted by Gasteiger charge is -2.14. The second-order valence-corrected chi connectivity index (χ2v) is 7.93. The minimum atomic E-state index is -0.480. The van der Waals surface area contributed by atoms with Gasteiger partial charge in [-0.2, -0.15) is 5.26 Å². The average molecular weight is 471 g/mol. The van der Waals surface area contributed by atoms with E-state index in [1.165, 1.54) is 12.7 Å². The van der Waals surface area contributed by atoms with Crippen molar-refractivity contribution in [3.8, 4) is 23.3 Å². The van der Waals surface area contributed by atoms with Gasteiger partial charge in [-0.25, -0.2) is 4.79 Å². The molecule has 0 spiro atoms. The first-order chi connectivity index (χ1) is 17.0. The fourth-order valence-electron chi connectivity index (χ4n) is 3.85. The number of aromatic nitrogens is 1. The van der Waals surface area contributed by atoms with Gasteiger partial charge in [0.2, 0.25) is 0 Å². The monoisotopic (exact) mass is 470 g/mol. The van der Waals surface area contributed by atoms with Crippen molar-refractivity contribution in [1.29, 1.82) is 5.26 Å². The summed E-state index contributed by atoms with van der Waals surface area (Å²) in [6.45, 7) is 4.45. The largest absolute Gasteiger partial charge is 0.489 e. The molecule has 0 saturated carbocycles. The number of nitrogens with zero attached hydrogens (tertiary/aromatic N) is 2. The number of carbonyl (C=O) groups excluding carboxylic acids is 1. The van der Waals surface area contributed by atoms with E-state index >= 15 is 0 Å². The molecule has 0 fully saturated rings. The molecule has 0 radical (unpaired) electrons. The lowest BCUT2D eigenvalue weighted by molar-refractivity contribution is 0.0438. The Morgan fingerprint density at radius 2 is 1.91 bits per heavy atom. The van der Waals surface area contributed by atoms with Crippen molar-refractivity contribution >= 4 is 16.9 Å². The molecule has 0 bridgehead atoms. The fourth-order valence-corrected chi connectivity index (χ4v) is 3.85. The molecule has 0 aliphatic heterocycles. The number of methoxy groups -OCH3 is 1. The van der Waals surface area contributed by atoms with Crippen LogP contribution in [0.5, 0.6) is 11.5 Å². The number of carbonyl (C=O) groups is 1. The summed E-state index contributed by atoms with van der Waals surface area (Å²) in [5.41, 5.74) is 4.58. The van der Waals surface area contributed by atoms with Crippen LogP contribution in [0.25, 0.3) is 16.6 Å². The zero-order chi connectivity index (χ0) is 24.8. The Bertz CT molecular complexity index is 1400. The zero-order valence-corrected chi connectivity index (χ0v) is 19.9. The SMILES string of the molecule is CCOC(=O)c1ccc(-n2cc(C#N)c3ccc(OCc4cccc(C)c4)cc32)cc1OCOC. The van der Waals surface area contributed by atoms with E-state index in [0.29, 0.717) is 34.9 Å². The van der Waals surface area contributed by atoms with Crippen molar-refractivity contribution in [2.45, 2.75) is 20.5 Å². The molecular formula is C28H26N2O5. The third kappa shape index (κ3) is 5.29. The van der Waals surface area contributed by atoms with Crippen LogP contribution in [0.15, 0.2) is 66.9 Å². The number of fused-ring (bicyclic) bond motifs is 1. The summed E-state index contributed by atoms with van der Waals surface area (Å²) in [5.74, 6) is 0.531. The normalized spacial score (nSPS) is 10.7. The minimum Gasteiger partial charge on any atom is -0.489 e. The van der Waals surface area contributed by atoms with E-state index in [9.17, 15) is 10.1 Å². The third-order valence-corrected chi connectivity index (χ3v) is 5.46. The summed E-state index contributed by atoms with van der Waals surface area (Å²) in [6.07, 6.45) is 1.76. The van der Waals surface area contributed by atoms with Crippen LogP contribution in [0.1, 0.15) is 34.0 Å². The highest BCUT2D eigenvalue weighted by molar-refractivity contribution is 5.93. The summed E-state index contributed by atoms with van der Waals surface area (Å²) in [5, 5.41) is 10.5. The predicted octanol–water partition coefficient (Wildman–Crippen LogP) is 5.55. The van der Waals surface area contributed by atoms with E-state index in [0.717, 1.165) is 16.5 Å². The molecule has 1 aromatic heterocycles. The van der Waals surface area contributed by atoms with Crippen molar-refractivity contribution in [2.75, 3.05) is 20.5 Å². The Balaban J connectivity index is 1.72. The van der Waals surface area contributed by atoms with Gasteiger partial charge in [0, 0.05) is 36.5 Å². The number of esters is 1. The molecule has 35 heavy (non-hydrogen) atoms. The van der Waals surface area contributed by atoms with Crippen LogP contribution in [0.4, 0.5) is 0 Å². The van der Waals surface area contributed by atoms with Crippen molar-refractivity contribution in [2.24, 2.45) is 0 Å². The summed E-state index contributed by atoms with van der Waals surface area (Å²) in [6, 6.07) is 21.2. The summed E-state index contributed by atoms with van der Waals surface area (Å²) < 4.78 is 23.7. The smallest absolute Gasteiger partial charge is 0.341 e. The van der Waals surface area contributed by atoms with Crippen molar-refractivity contribution < 1.29 is 23.7 Å². The summed E-state index contributed by atoms with van der Waals surface area (Å²) >= 11 is 0. The molecule has 4 aromatic rings. The molecule has 1 heterocycles. The number of ether oxygens (including phenoxy) is 4. The molecule has 3 aromatic carbocycles. The molecule has 0 aliphatic carbocycles. The van der Waals surface area contributed by atoms with Crippen LogP contribution >= 0.6 is 0 Å². The van der Waals surface area contributed by atoms with E-state index < -0.39 is 5.97 Å². The molecular weight excluding hydrogens is 444 g/mol. The van der Waals surface area contributed by atoms with Crippen LogP contribution in [0, 0.1) is 18.3 Å². The minimum absolute atomic E-state index is 0.0251. The Hall–Kier alpha value is -4.28. The zero-order valence-electron chi connectivity index (χ0n) is 19.9. The molecule has 0 saturated heterocycles. The lowest BCUT2D eigenvalue weighted by Crippen LogP contribution is -2.10. The van der Waals surface area contributed by atoms with Gasteiger partial charge in [0.1, 0.15) is 29.7 Å². The standard InChI is InChI=1S/C28H26N2O5/c1-4-33-28(31)25-10-8-22(13-27(25)35-18-32-3)30-16-21(15-29)24-11-9-23(14-26(24)30)34-17-20-7-5-6-19(2)12-20/h5-14,16H,4,17-18H2,1-3H3. The Labute approximate surface area is 204 Å². The van der Waals surface area contributed by atoms with Gasteiger partial charge < -0.3 is 23.5 Å². The topological polar surface area (TPSA) is 82.7 Å². The van der Waals surface area contributed by atoms with E-state index in [-0.39, 0.29) is 13.4 Å². The molecule has 0 amide bonds. The quantitative estimate of drug-likeness (QED) is 0.236.